The van der Waals surface area contributed by atoms with Gasteiger partial charge in [0.05, 0.1) is 80.1 Å². The molecule has 192 valence electrons. The van der Waals surface area contributed by atoms with Crippen molar-refractivity contribution in [1.29, 1.82) is 10.5 Å². The lowest BCUT2D eigenvalue weighted by molar-refractivity contribution is 0.0239. The SMILES string of the molecule is Cc1cc(OCCOCCOCCO)c2c(c1OCCOCCOCCO)SC(=C(C#N)C#N)S2. The van der Waals surface area contributed by atoms with E-state index in [9.17, 15) is 10.5 Å². The molecule has 0 spiro atoms. The van der Waals surface area contributed by atoms with Gasteiger partial charge in [0, 0.05) is 0 Å². The first kappa shape index (κ1) is 29.2. The monoisotopic (exact) mass is 526 g/mol. The lowest BCUT2D eigenvalue weighted by Gasteiger charge is -2.16. The van der Waals surface area contributed by atoms with Crippen molar-refractivity contribution >= 4 is 23.5 Å². The number of hydrogen-bond donors (Lipinski definition) is 2. The summed E-state index contributed by atoms with van der Waals surface area (Å²) in [4.78, 5) is 1.59. The number of rotatable bonds is 18. The molecule has 0 bridgehead atoms. The molecular weight excluding hydrogens is 496 g/mol. The average Bonchev–Trinajstić information content (AvgIpc) is 3.29. The second-order valence-corrected chi connectivity index (χ2v) is 9.16. The second kappa shape index (κ2) is 17.4. The molecule has 0 saturated carbocycles. The van der Waals surface area contributed by atoms with Gasteiger partial charge in [-0.1, -0.05) is 23.5 Å². The normalized spacial score (nSPS) is 12.2. The molecule has 2 N–H and O–H groups in total. The molecule has 0 amide bonds. The first-order valence-corrected chi connectivity index (χ1v) is 12.7. The van der Waals surface area contributed by atoms with Crippen molar-refractivity contribution in [3.63, 3.8) is 0 Å². The van der Waals surface area contributed by atoms with Crippen molar-refractivity contribution in [3.05, 3.63) is 21.4 Å². The Morgan fingerprint density at radius 2 is 1.23 bits per heavy atom. The molecule has 1 aromatic carbocycles. The predicted octanol–water partition coefficient (Wildman–Crippen LogP) is 2.26. The molecule has 35 heavy (non-hydrogen) atoms. The maximum Gasteiger partial charge on any atom is 0.150 e. The molecule has 0 aliphatic carbocycles. The third-order valence-corrected chi connectivity index (χ3v) is 6.95. The maximum atomic E-state index is 9.31. The Kier molecular flexibility index (Phi) is 14.6. The van der Waals surface area contributed by atoms with E-state index in [0.717, 1.165) is 15.4 Å². The van der Waals surface area contributed by atoms with Crippen LogP contribution in [0.2, 0.25) is 0 Å². The molecule has 0 radical (unpaired) electrons. The summed E-state index contributed by atoms with van der Waals surface area (Å²) in [7, 11) is 0. The van der Waals surface area contributed by atoms with Gasteiger partial charge in [0.25, 0.3) is 0 Å². The third kappa shape index (κ3) is 9.88. The number of hydrogen-bond acceptors (Lipinski definition) is 12. The zero-order valence-corrected chi connectivity index (χ0v) is 21.3. The van der Waals surface area contributed by atoms with E-state index in [4.69, 9.17) is 38.6 Å². The summed E-state index contributed by atoms with van der Waals surface area (Å²) in [5, 5.41) is 36.0. The smallest absolute Gasteiger partial charge is 0.150 e. The number of thioether (sulfide) groups is 2. The fraction of sp³-hybridized carbons (Fsp3) is 0.565. The van der Waals surface area contributed by atoms with Gasteiger partial charge < -0.3 is 38.6 Å². The van der Waals surface area contributed by atoms with Gasteiger partial charge >= 0.3 is 0 Å². The highest BCUT2D eigenvalue weighted by Crippen LogP contribution is 2.59. The summed E-state index contributed by atoms with van der Waals surface area (Å²) < 4.78 is 33.8. The highest BCUT2D eigenvalue weighted by Gasteiger charge is 2.30. The summed E-state index contributed by atoms with van der Waals surface area (Å²) in [6.07, 6.45) is 0. The van der Waals surface area contributed by atoms with Crippen LogP contribution >= 0.6 is 23.5 Å². The Bertz CT molecular complexity index is 898. The van der Waals surface area contributed by atoms with Crippen LogP contribution in [0.3, 0.4) is 0 Å². The van der Waals surface area contributed by atoms with Crippen LogP contribution in [0.4, 0.5) is 0 Å². The maximum absolute atomic E-state index is 9.31. The van der Waals surface area contributed by atoms with E-state index in [2.05, 4.69) is 0 Å². The van der Waals surface area contributed by atoms with Crippen LogP contribution in [0, 0.1) is 29.6 Å². The topological polar surface area (TPSA) is 143 Å². The highest BCUT2D eigenvalue weighted by molar-refractivity contribution is 8.24. The van der Waals surface area contributed by atoms with Crippen molar-refractivity contribution in [3.8, 4) is 23.6 Å². The van der Waals surface area contributed by atoms with E-state index in [1.165, 1.54) is 23.5 Å². The molecule has 2 rings (SSSR count). The van der Waals surface area contributed by atoms with Gasteiger partial charge in [0.15, 0.2) is 0 Å². The summed E-state index contributed by atoms with van der Waals surface area (Å²) in [6, 6.07) is 5.76. The van der Waals surface area contributed by atoms with Crippen molar-refractivity contribution in [1.82, 2.24) is 0 Å². The van der Waals surface area contributed by atoms with Crippen LogP contribution in [0.5, 0.6) is 11.5 Å². The van der Waals surface area contributed by atoms with E-state index in [1.807, 2.05) is 25.1 Å². The number of aliphatic hydroxyl groups excluding tert-OH is 2. The van der Waals surface area contributed by atoms with Crippen LogP contribution in [0.25, 0.3) is 0 Å². The van der Waals surface area contributed by atoms with Crippen LogP contribution < -0.4 is 9.47 Å². The number of nitrogens with zero attached hydrogens (tertiary/aromatic N) is 2. The fourth-order valence-corrected chi connectivity index (χ4v) is 5.39. The predicted molar refractivity (Wildman–Crippen MR) is 130 cm³/mol. The number of ether oxygens (including phenoxy) is 6. The summed E-state index contributed by atoms with van der Waals surface area (Å²) in [6.45, 7) is 5.35. The van der Waals surface area contributed by atoms with Gasteiger partial charge in [-0.25, -0.2) is 0 Å². The molecule has 12 heteroatoms. The van der Waals surface area contributed by atoms with Crippen LogP contribution in [0.15, 0.2) is 25.7 Å². The minimum Gasteiger partial charge on any atom is -0.490 e. The standard InChI is InChI=1S/C23H30N2O8S2/c1-17-14-19(32-12-10-30-8-6-28-4-2-26)21-22(35-23(34-21)18(15-24)16-25)20(17)33-13-11-31-9-7-29-5-3-27/h14,26-27H,2-13H2,1H3. The van der Waals surface area contributed by atoms with Gasteiger partial charge in [0.1, 0.15) is 42.4 Å². The number of benzene rings is 1. The first-order chi connectivity index (χ1) is 17.2. The molecule has 10 nitrogen and oxygen atoms in total. The van der Waals surface area contributed by atoms with Gasteiger partial charge in [-0.05, 0) is 18.6 Å². The number of nitriles is 2. The molecule has 1 aliphatic heterocycles. The van der Waals surface area contributed by atoms with Crippen molar-refractivity contribution < 1.29 is 38.6 Å². The van der Waals surface area contributed by atoms with Crippen LogP contribution in [0.1, 0.15) is 5.56 Å². The van der Waals surface area contributed by atoms with E-state index >= 15 is 0 Å². The minimum absolute atomic E-state index is 0.0217. The van der Waals surface area contributed by atoms with Crippen molar-refractivity contribution in [2.75, 3.05) is 79.3 Å². The summed E-state index contributed by atoms with van der Waals surface area (Å²) >= 11 is 2.64. The fourth-order valence-electron chi connectivity index (χ4n) is 2.81. The van der Waals surface area contributed by atoms with Crippen molar-refractivity contribution in [2.24, 2.45) is 0 Å². The van der Waals surface area contributed by atoms with Gasteiger partial charge in [-0.2, -0.15) is 10.5 Å². The van der Waals surface area contributed by atoms with Crippen LogP contribution in [-0.2, 0) is 18.9 Å². The third-order valence-electron chi connectivity index (χ3n) is 4.33. The molecule has 1 heterocycles. The molecule has 0 atom stereocenters. The number of aliphatic hydroxyl groups is 2. The van der Waals surface area contributed by atoms with Gasteiger partial charge in [-0.3, -0.25) is 0 Å². The molecule has 1 aromatic rings. The average molecular weight is 527 g/mol. The Morgan fingerprint density at radius 3 is 1.77 bits per heavy atom. The Morgan fingerprint density at radius 1 is 0.743 bits per heavy atom. The lowest BCUT2D eigenvalue weighted by Crippen LogP contribution is -2.13. The largest absolute Gasteiger partial charge is 0.490 e. The number of allylic oxidation sites excluding steroid dienone is 1. The Labute approximate surface area is 213 Å². The zero-order valence-electron chi connectivity index (χ0n) is 19.6. The van der Waals surface area contributed by atoms with Crippen LogP contribution in [-0.4, -0.2) is 89.5 Å². The van der Waals surface area contributed by atoms with E-state index < -0.39 is 0 Å². The van der Waals surface area contributed by atoms with E-state index in [0.29, 0.717) is 68.6 Å². The molecule has 0 fully saturated rings. The molecular formula is C23H30N2O8S2. The molecule has 0 unspecified atom stereocenters. The van der Waals surface area contributed by atoms with E-state index in [1.54, 1.807) is 0 Å². The van der Waals surface area contributed by atoms with Gasteiger partial charge in [0.2, 0.25) is 0 Å². The van der Waals surface area contributed by atoms with E-state index in [-0.39, 0.29) is 32.0 Å². The second-order valence-electron chi connectivity index (χ2n) is 6.86. The lowest BCUT2D eigenvalue weighted by atomic mass is 10.2. The molecule has 0 saturated heterocycles. The first-order valence-electron chi connectivity index (χ1n) is 11.0. The van der Waals surface area contributed by atoms with Crippen molar-refractivity contribution in [2.45, 2.75) is 16.7 Å². The summed E-state index contributed by atoms with van der Waals surface area (Å²) in [5.74, 6) is 1.29. The molecule has 0 aromatic heterocycles. The summed E-state index contributed by atoms with van der Waals surface area (Å²) in [5.41, 5.74) is 0.899. The molecule has 1 aliphatic rings. The number of aryl methyl sites for hydroxylation is 1. The zero-order chi connectivity index (χ0) is 25.3. The minimum atomic E-state index is -0.0218. The quantitative estimate of drug-likeness (QED) is 0.214. The Balaban J connectivity index is 2.00. The Hall–Kier alpha value is -2.00. The number of fused-ring (bicyclic) bond motifs is 1. The van der Waals surface area contributed by atoms with Gasteiger partial charge in [-0.15, -0.1) is 0 Å². The highest BCUT2D eigenvalue weighted by atomic mass is 32.2.